The van der Waals surface area contributed by atoms with Crippen molar-refractivity contribution >= 4 is 33.5 Å². The molecule has 1 saturated heterocycles. The zero-order chi connectivity index (χ0) is 10.8. The lowest BCUT2D eigenvalue weighted by atomic mass is 10.2. The van der Waals surface area contributed by atoms with E-state index in [9.17, 15) is 0 Å². The van der Waals surface area contributed by atoms with Crippen LogP contribution in [-0.4, -0.2) is 29.6 Å². The van der Waals surface area contributed by atoms with E-state index < -0.39 is 0 Å². The first-order chi connectivity index (χ1) is 7.18. The van der Waals surface area contributed by atoms with E-state index in [1.54, 1.807) is 0 Å². The molecular weight excluding hydrogens is 272 g/mol. The fourth-order valence-electron chi connectivity index (χ4n) is 1.79. The summed E-state index contributed by atoms with van der Waals surface area (Å²) >= 11 is 5.61. The van der Waals surface area contributed by atoms with Crippen LogP contribution in [0.4, 0.5) is 5.82 Å². The minimum Gasteiger partial charge on any atom is -0.355 e. The monoisotopic (exact) mass is 286 g/mol. The molecule has 2 nitrogen and oxygen atoms in total. The summed E-state index contributed by atoms with van der Waals surface area (Å²) in [5.41, 5.74) is 1.19. The molecule has 1 aromatic rings. The zero-order valence-electron chi connectivity index (χ0n) is 9.03. The number of halogens is 1. The van der Waals surface area contributed by atoms with Gasteiger partial charge in [-0.2, -0.15) is 11.8 Å². The van der Waals surface area contributed by atoms with E-state index in [1.807, 2.05) is 18.0 Å². The lowest BCUT2D eigenvalue weighted by Gasteiger charge is -2.25. The number of aromatic nitrogens is 1. The first-order valence-corrected chi connectivity index (χ1v) is 7.06. The van der Waals surface area contributed by atoms with Crippen molar-refractivity contribution in [2.45, 2.75) is 19.4 Å². The number of hydrogen-bond donors (Lipinski definition) is 0. The number of nitrogens with zero attached hydrogens (tertiary/aromatic N) is 2. The summed E-state index contributed by atoms with van der Waals surface area (Å²) in [6.45, 7) is 2.06. The van der Waals surface area contributed by atoms with Crippen molar-refractivity contribution in [3.63, 3.8) is 0 Å². The highest BCUT2D eigenvalue weighted by Crippen LogP contribution is 2.29. The van der Waals surface area contributed by atoms with E-state index in [1.165, 1.54) is 23.5 Å². The van der Waals surface area contributed by atoms with Crippen LogP contribution in [0.1, 0.15) is 12.0 Å². The van der Waals surface area contributed by atoms with Crippen LogP contribution >= 0.6 is 27.7 Å². The molecule has 0 aromatic carbocycles. The normalized spacial score (nSPS) is 20.6. The van der Waals surface area contributed by atoms with Gasteiger partial charge in [0.2, 0.25) is 0 Å². The summed E-state index contributed by atoms with van der Waals surface area (Å²) in [6.07, 6.45) is 3.20. The maximum Gasteiger partial charge on any atom is 0.142 e. The Hall–Kier alpha value is -0.220. The molecule has 2 heterocycles. The summed E-state index contributed by atoms with van der Waals surface area (Å²) in [6, 6.07) is 2.77. The Labute approximate surface area is 104 Å². The van der Waals surface area contributed by atoms with Gasteiger partial charge >= 0.3 is 0 Å². The molecule has 1 aliphatic heterocycles. The number of anilines is 1. The van der Waals surface area contributed by atoms with Crippen molar-refractivity contribution in [3.8, 4) is 0 Å². The van der Waals surface area contributed by atoms with Crippen LogP contribution < -0.4 is 4.90 Å². The molecule has 15 heavy (non-hydrogen) atoms. The number of rotatable bonds is 2. The fourth-order valence-corrected chi connectivity index (χ4v) is 3.80. The Morgan fingerprint density at radius 3 is 3.00 bits per heavy atom. The van der Waals surface area contributed by atoms with E-state index in [2.05, 4.69) is 45.9 Å². The second-order valence-corrected chi connectivity index (χ2v) is 5.95. The van der Waals surface area contributed by atoms with Crippen LogP contribution in [-0.2, 0) is 0 Å². The third-order valence-corrected chi connectivity index (χ3v) is 4.47. The average molecular weight is 287 g/mol. The van der Waals surface area contributed by atoms with Crippen LogP contribution in [0.25, 0.3) is 0 Å². The molecule has 0 radical (unpaired) electrons. The van der Waals surface area contributed by atoms with Crippen molar-refractivity contribution in [1.82, 2.24) is 4.98 Å². The van der Waals surface area contributed by atoms with Gasteiger partial charge in [-0.3, -0.25) is 0 Å². The molecule has 2 rings (SSSR count). The summed E-state index contributed by atoms with van der Waals surface area (Å²) in [5.74, 6) is 3.56. The second-order valence-electron chi connectivity index (χ2n) is 3.95. The number of thioether (sulfide) groups is 1. The maximum atomic E-state index is 4.49. The zero-order valence-corrected chi connectivity index (χ0v) is 11.4. The van der Waals surface area contributed by atoms with Gasteiger partial charge in [0.15, 0.2) is 0 Å². The topological polar surface area (TPSA) is 16.1 Å². The molecule has 82 valence electrons. The van der Waals surface area contributed by atoms with Crippen LogP contribution in [0.15, 0.2) is 16.7 Å². The highest BCUT2D eigenvalue weighted by atomic mass is 79.9. The second kappa shape index (κ2) is 4.74. The van der Waals surface area contributed by atoms with E-state index in [4.69, 9.17) is 0 Å². The smallest absolute Gasteiger partial charge is 0.142 e. The van der Waals surface area contributed by atoms with Gasteiger partial charge in [0.05, 0.1) is 4.47 Å². The van der Waals surface area contributed by atoms with E-state index in [-0.39, 0.29) is 0 Å². The molecule has 4 heteroatoms. The lowest BCUT2D eigenvalue weighted by Crippen LogP contribution is -2.32. The molecule has 0 spiro atoms. The van der Waals surface area contributed by atoms with Crippen LogP contribution in [0, 0.1) is 6.92 Å². The molecule has 1 atom stereocenters. The molecule has 0 bridgehead atoms. The molecule has 1 unspecified atom stereocenters. The molecule has 0 N–H and O–H groups in total. The summed E-state index contributed by atoms with van der Waals surface area (Å²) in [7, 11) is 2.14. The minimum atomic E-state index is 0.640. The van der Waals surface area contributed by atoms with Crippen molar-refractivity contribution in [2.75, 3.05) is 23.5 Å². The van der Waals surface area contributed by atoms with Gasteiger partial charge in [-0.15, -0.1) is 0 Å². The standard InChI is InChI=1S/C11H15BrN2S/c1-8-5-10(12)11(13-6-8)14(2)9-3-4-15-7-9/h5-6,9H,3-4,7H2,1-2H3. The first kappa shape index (κ1) is 11.3. The Kier molecular flexibility index (Phi) is 3.57. The minimum absolute atomic E-state index is 0.640. The molecule has 1 fully saturated rings. The predicted molar refractivity (Wildman–Crippen MR) is 70.8 cm³/mol. The van der Waals surface area contributed by atoms with Crippen molar-refractivity contribution in [2.24, 2.45) is 0 Å². The van der Waals surface area contributed by atoms with Gasteiger partial charge in [0.25, 0.3) is 0 Å². The van der Waals surface area contributed by atoms with Crippen molar-refractivity contribution < 1.29 is 0 Å². The summed E-state index contributed by atoms with van der Waals surface area (Å²) in [4.78, 5) is 6.79. The quantitative estimate of drug-likeness (QED) is 0.831. The third-order valence-electron chi connectivity index (χ3n) is 2.75. The molecular formula is C11H15BrN2S. The fraction of sp³-hybridized carbons (Fsp3) is 0.545. The van der Waals surface area contributed by atoms with E-state index in [0.29, 0.717) is 6.04 Å². The third kappa shape index (κ3) is 2.48. The molecule has 1 aliphatic rings. The van der Waals surface area contributed by atoms with Gasteiger partial charge in [-0.1, -0.05) is 0 Å². The average Bonchev–Trinajstić information content (AvgIpc) is 2.69. The molecule has 0 amide bonds. The SMILES string of the molecule is Cc1cnc(N(C)C2CCSC2)c(Br)c1. The largest absolute Gasteiger partial charge is 0.355 e. The summed E-state index contributed by atoms with van der Waals surface area (Å²) < 4.78 is 1.10. The Balaban J connectivity index is 2.20. The Bertz CT molecular complexity index is 350. The van der Waals surface area contributed by atoms with Gasteiger partial charge in [-0.05, 0) is 46.7 Å². The Morgan fingerprint density at radius 2 is 2.40 bits per heavy atom. The maximum absolute atomic E-state index is 4.49. The number of pyridine rings is 1. The highest BCUT2D eigenvalue weighted by molar-refractivity contribution is 9.10. The van der Waals surface area contributed by atoms with Gasteiger partial charge in [0, 0.05) is 25.0 Å². The molecule has 1 aromatic heterocycles. The molecule has 0 saturated carbocycles. The number of hydrogen-bond acceptors (Lipinski definition) is 3. The van der Waals surface area contributed by atoms with E-state index >= 15 is 0 Å². The predicted octanol–water partition coefficient (Wildman–Crippen LogP) is 3.09. The summed E-state index contributed by atoms with van der Waals surface area (Å²) in [5, 5.41) is 0. The number of aryl methyl sites for hydroxylation is 1. The van der Waals surface area contributed by atoms with Crippen molar-refractivity contribution in [3.05, 3.63) is 22.3 Å². The van der Waals surface area contributed by atoms with Crippen LogP contribution in [0.5, 0.6) is 0 Å². The van der Waals surface area contributed by atoms with Crippen LogP contribution in [0.3, 0.4) is 0 Å². The highest BCUT2D eigenvalue weighted by Gasteiger charge is 2.22. The van der Waals surface area contributed by atoms with E-state index in [0.717, 1.165) is 10.3 Å². The Morgan fingerprint density at radius 1 is 1.60 bits per heavy atom. The first-order valence-electron chi connectivity index (χ1n) is 5.11. The lowest BCUT2D eigenvalue weighted by molar-refractivity contribution is 0.690. The van der Waals surface area contributed by atoms with Gasteiger partial charge < -0.3 is 4.90 Å². The van der Waals surface area contributed by atoms with Gasteiger partial charge in [0.1, 0.15) is 5.82 Å². The van der Waals surface area contributed by atoms with Crippen molar-refractivity contribution in [1.29, 1.82) is 0 Å². The molecule has 0 aliphatic carbocycles. The van der Waals surface area contributed by atoms with Crippen LogP contribution in [0.2, 0.25) is 0 Å². The van der Waals surface area contributed by atoms with Gasteiger partial charge in [-0.25, -0.2) is 4.98 Å².